The number of nitrogens with zero attached hydrogens (tertiary/aromatic N) is 1. The van der Waals surface area contributed by atoms with Crippen LogP contribution in [0.25, 0.3) is 0 Å². The zero-order chi connectivity index (χ0) is 12.2. The Morgan fingerprint density at radius 1 is 0.944 bits per heavy atom. The molecule has 4 bridgehead atoms. The van der Waals surface area contributed by atoms with E-state index < -0.39 is 0 Å². The highest BCUT2D eigenvalue weighted by molar-refractivity contribution is 5.15. The Balaban J connectivity index is 1.64. The summed E-state index contributed by atoms with van der Waals surface area (Å²) in [6.45, 7) is 2.78. The van der Waals surface area contributed by atoms with E-state index in [9.17, 15) is 0 Å². The van der Waals surface area contributed by atoms with E-state index in [1.54, 1.807) is 6.42 Å². The smallest absolute Gasteiger partial charge is 0.0232 e. The second-order valence-corrected chi connectivity index (χ2v) is 7.76. The van der Waals surface area contributed by atoms with Gasteiger partial charge in [-0.15, -0.1) is 0 Å². The van der Waals surface area contributed by atoms with Gasteiger partial charge >= 0.3 is 0 Å². The van der Waals surface area contributed by atoms with Crippen LogP contribution in [0.4, 0.5) is 0 Å². The molecule has 1 saturated heterocycles. The summed E-state index contributed by atoms with van der Waals surface area (Å²) in [5, 5.41) is 3.75. The van der Waals surface area contributed by atoms with Crippen LogP contribution in [0.1, 0.15) is 57.8 Å². The fraction of sp³-hybridized carbons (Fsp3) is 1.00. The minimum absolute atomic E-state index is 0.515. The third-order valence-corrected chi connectivity index (χ3v) is 6.59. The normalized spacial score (nSPS) is 51.8. The van der Waals surface area contributed by atoms with Crippen molar-refractivity contribution in [2.24, 2.45) is 11.8 Å². The predicted molar refractivity (Wildman–Crippen MR) is 74.6 cm³/mol. The third kappa shape index (κ3) is 1.61. The van der Waals surface area contributed by atoms with Crippen LogP contribution in [-0.4, -0.2) is 36.1 Å². The Morgan fingerprint density at radius 3 is 2.22 bits per heavy atom. The standard InChI is InChI=1S/C16H28N2/c1-17-15-8-13-7-14(9-15)11-16(10-13,12-15)18-5-3-2-4-6-18/h13-14,17H,2-12H2,1H3. The lowest BCUT2D eigenvalue weighted by atomic mass is 9.49. The molecule has 2 unspecified atom stereocenters. The molecule has 5 fully saturated rings. The van der Waals surface area contributed by atoms with Crippen molar-refractivity contribution < 1.29 is 0 Å². The lowest BCUT2D eigenvalue weighted by Crippen LogP contribution is -2.69. The van der Waals surface area contributed by atoms with Crippen molar-refractivity contribution in [2.75, 3.05) is 20.1 Å². The maximum atomic E-state index is 3.75. The maximum Gasteiger partial charge on any atom is 0.0232 e. The average molecular weight is 248 g/mol. The number of rotatable bonds is 2. The van der Waals surface area contributed by atoms with Crippen molar-refractivity contribution in [3.8, 4) is 0 Å². The van der Waals surface area contributed by atoms with E-state index in [-0.39, 0.29) is 0 Å². The molecule has 5 rings (SSSR count). The highest BCUT2D eigenvalue weighted by Crippen LogP contribution is 2.59. The maximum absolute atomic E-state index is 3.75. The molecule has 4 aliphatic carbocycles. The van der Waals surface area contributed by atoms with Gasteiger partial charge in [-0.1, -0.05) is 6.42 Å². The van der Waals surface area contributed by atoms with Gasteiger partial charge in [-0.2, -0.15) is 0 Å². The Hall–Kier alpha value is -0.0800. The quantitative estimate of drug-likeness (QED) is 0.808. The average Bonchev–Trinajstić information content (AvgIpc) is 2.38. The molecular weight excluding hydrogens is 220 g/mol. The molecule has 0 aromatic heterocycles. The highest BCUT2D eigenvalue weighted by atomic mass is 15.2. The second-order valence-electron chi connectivity index (χ2n) is 7.76. The Labute approximate surface area is 111 Å². The fourth-order valence-corrected chi connectivity index (χ4v) is 6.24. The van der Waals surface area contributed by atoms with Crippen LogP contribution in [0.2, 0.25) is 0 Å². The van der Waals surface area contributed by atoms with E-state index in [1.165, 1.54) is 64.5 Å². The molecule has 1 aliphatic heterocycles. The largest absolute Gasteiger partial charge is 0.314 e. The first-order valence-corrected chi connectivity index (χ1v) is 8.18. The number of nitrogens with one attached hydrogen (secondary N) is 1. The van der Waals surface area contributed by atoms with Gasteiger partial charge in [0.05, 0.1) is 0 Å². The minimum Gasteiger partial charge on any atom is -0.314 e. The fourth-order valence-electron chi connectivity index (χ4n) is 6.24. The number of piperidine rings is 1. The summed E-state index contributed by atoms with van der Waals surface area (Å²) in [5.41, 5.74) is 1.12. The molecule has 1 N–H and O–H groups in total. The van der Waals surface area contributed by atoms with Crippen LogP contribution in [0.15, 0.2) is 0 Å². The van der Waals surface area contributed by atoms with Gasteiger partial charge in [-0.25, -0.2) is 0 Å². The van der Waals surface area contributed by atoms with E-state index >= 15 is 0 Å². The van der Waals surface area contributed by atoms with Gasteiger partial charge in [-0.05, 0) is 83.3 Å². The molecule has 1 heterocycles. The van der Waals surface area contributed by atoms with E-state index in [0.29, 0.717) is 11.1 Å². The van der Waals surface area contributed by atoms with Crippen LogP contribution in [-0.2, 0) is 0 Å². The van der Waals surface area contributed by atoms with Crippen molar-refractivity contribution in [1.29, 1.82) is 0 Å². The van der Waals surface area contributed by atoms with E-state index in [2.05, 4.69) is 17.3 Å². The van der Waals surface area contributed by atoms with E-state index in [0.717, 1.165) is 11.8 Å². The summed E-state index contributed by atoms with van der Waals surface area (Å²) in [6.07, 6.45) is 13.3. The first-order valence-electron chi connectivity index (χ1n) is 8.18. The highest BCUT2D eigenvalue weighted by Gasteiger charge is 2.58. The number of likely N-dealkylation sites (tertiary alicyclic amines) is 1. The van der Waals surface area contributed by atoms with Crippen LogP contribution in [0.5, 0.6) is 0 Å². The molecule has 0 spiro atoms. The van der Waals surface area contributed by atoms with Gasteiger partial charge < -0.3 is 5.32 Å². The second kappa shape index (κ2) is 3.96. The number of hydrogen-bond acceptors (Lipinski definition) is 2. The van der Waals surface area contributed by atoms with E-state index in [4.69, 9.17) is 0 Å². The summed E-state index contributed by atoms with van der Waals surface area (Å²) < 4.78 is 0. The molecule has 102 valence electrons. The first kappa shape index (κ1) is 11.7. The molecule has 0 amide bonds. The summed E-state index contributed by atoms with van der Waals surface area (Å²) in [7, 11) is 2.22. The van der Waals surface area contributed by atoms with Crippen molar-refractivity contribution in [3.05, 3.63) is 0 Å². The monoisotopic (exact) mass is 248 g/mol. The molecule has 4 saturated carbocycles. The molecule has 0 aromatic carbocycles. The molecule has 5 aliphatic rings. The SMILES string of the molecule is CNC12CC3CC(C1)CC(N1CCCCC1)(C3)C2. The Morgan fingerprint density at radius 2 is 1.61 bits per heavy atom. The molecule has 2 atom stereocenters. The Kier molecular flexibility index (Phi) is 2.58. The van der Waals surface area contributed by atoms with Gasteiger partial charge in [-0.3, -0.25) is 4.90 Å². The van der Waals surface area contributed by atoms with Crippen LogP contribution in [0.3, 0.4) is 0 Å². The zero-order valence-corrected chi connectivity index (χ0v) is 11.9. The van der Waals surface area contributed by atoms with Crippen molar-refractivity contribution in [3.63, 3.8) is 0 Å². The third-order valence-electron chi connectivity index (χ3n) is 6.59. The van der Waals surface area contributed by atoms with Gasteiger partial charge in [0.2, 0.25) is 0 Å². The van der Waals surface area contributed by atoms with Crippen molar-refractivity contribution in [1.82, 2.24) is 10.2 Å². The zero-order valence-electron chi connectivity index (χ0n) is 11.9. The van der Waals surface area contributed by atoms with Gasteiger partial charge in [0, 0.05) is 11.1 Å². The van der Waals surface area contributed by atoms with Crippen molar-refractivity contribution >= 4 is 0 Å². The summed E-state index contributed by atoms with van der Waals surface area (Å²) in [4.78, 5) is 2.92. The van der Waals surface area contributed by atoms with E-state index in [1.807, 2.05) is 0 Å². The summed E-state index contributed by atoms with van der Waals surface area (Å²) in [6, 6.07) is 0. The molecule has 18 heavy (non-hydrogen) atoms. The van der Waals surface area contributed by atoms with Crippen LogP contribution < -0.4 is 5.32 Å². The van der Waals surface area contributed by atoms with Gasteiger partial charge in [0.1, 0.15) is 0 Å². The molecule has 0 radical (unpaired) electrons. The molecule has 2 heteroatoms. The lowest BCUT2D eigenvalue weighted by molar-refractivity contribution is -0.113. The molecular formula is C16H28N2. The summed E-state index contributed by atoms with van der Waals surface area (Å²) in [5.74, 6) is 2.06. The topological polar surface area (TPSA) is 15.3 Å². The van der Waals surface area contributed by atoms with Gasteiger partial charge in [0.15, 0.2) is 0 Å². The molecule has 2 nitrogen and oxygen atoms in total. The van der Waals surface area contributed by atoms with Gasteiger partial charge in [0.25, 0.3) is 0 Å². The minimum atomic E-state index is 0.515. The van der Waals surface area contributed by atoms with Crippen LogP contribution in [0, 0.1) is 11.8 Å². The van der Waals surface area contributed by atoms with Crippen LogP contribution >= 0.6 is 0 Å². The first-order chi connectivity index (χ1) is 8.74. The lowest BCUT2D eigenvalue weighted by Gasteiger charge is -2.65. The summed E-state index contributed by atoms with van der Waals surface area (Å²) >= 11 is 0. The molecule has 0 aromatic rings. The Bertz CT molecular complexity index is 318. The number of hydrogen-bond donors (Lipinski definition) is 1. The van der Waals surface area contributed by atoms with Crippen molar-refractivity contribution in [2.45, 2.75) is 68.9 Å². The predicted octanol–water partition coefficient (Wildman–Crippen LogP) is 2.78.